The lowest BCUT2D eigenvalue weighted by Crippen LogP contribution is -2.46. The summed E-state index contributed by atoms with van der Waals surface area (Å²) < 4.78 is 0. The van der Waals surface area contributed by atoms with Gasteiger partial charge in [-0.05, 0) is 19.3 Å². The van der Waals surface area contributed by atoms with Crippen LogP contribution in [0.1, 0.15) is 25.7 Å². The predicted molar refractivity (Wildman–Crippen MR) is 53.7 cm³/mol. The molecule has 0 unspecified atom stereocenters. The molecule has 0 atom stereocenters. The maximum absolute atomic E-state index is 11.2. The number of hydrogen-bond acceptors (Lipinski definition) is 3. The van der Waals surface area contributed by atoms with E-state index in [-0.39, 0.29) is 32.4 Å². The van der Waals surface area contributed by atoms with Crippen molar-refractivity contribution in [3.63, 3.8) is 0 Å². The third-order valence-corrected chi connectivity index (χ3v) is 3.16. The molecular formula is C10H14N2O4. The molecule has 1 amide bonds. The number of nitrogens with zero attached hydrogens (tertiary/aromatic N) is 2. The van der Waals surface area contributed by atoms with Gasteiger partial charge in [-0.25, -0.2) is 4.79 Å². The number of carboxylic acids is 1. The maximum Gasteiger partial charge on any atom is 0.407 e. The third kappa shape index (κ3) is 2.42. The lowest BCUT2D eigenvalue weighted by Gasteiger charge is -2.37. The van der Waals surface area contributed by atoms with Gasteiger partial charge in [-0.15, -0.1) is 0 Å². The molecule has 6 heteroatoms. The normalized spacial score (nSPS) is 18.8. The van der Waals surface area contributed by atoms with E-state index in [1.807, 2.05) is 6.07 Å². The Labute approximate surface area is 93.1 Å². The average Bonchev–Trinajstić information content (AvgIpc) is 2.26. The van der Waals surface area contributed by atoms with Crippen molar-refractivity contribution in [2.24, 2.45) is 5.41 Å². The van der Waals surface area contributed by atoms with Gasteiger partial charge in [0.1, 0.15) is 0 Å². The predicted octanol–water partition coefficient (Wildman–Crippen LogP) is 1.13. The van der Waals surface area contributed by atoms with Gasteiger partial charge in [-0.1, -0.05) is 0 Å². The standard InChI is InChI=1S/C10H14N2O4/c11-5-1-2-10(8(13)14)3-6-12(7-4-10)9(15)16/h1-4,6-7H2,(H,13,14)(H,15,16). The first kappa shape index (κ1) is 12.3. The highest BCUT2D eigenvalue weighted by atomic mass is 16.4. The van der Waals surface area contributed by atoms with Crippen LogP contribution in [0.2, 0.25) is 0 Å². The van der Waals surface area contributed by atoms with Crippen LogP contribution in [-0.2, 0) is 4.79 Å². The number of likely N-dealkylation sites (tertiary alicyclic amines) is 1. The molecule has 2 N–H and O–H groups in total. The van der Waals surface area contributed by atoms with Crippen molar-refractivity contribution in [1.82, 2.24) is 4.90 Å². The van der Waals surface area contributed by atoms with Gasteiger partial charge in [-0.2, -0.15) is 5.26 Å². The van der Waals surface area contributed by atoms with Crippen molar-refractivity contribution in [3.8, 4) is 6.07 Å². The van der Waals surface area contributed by atoms with Crippen LogP contribution in [0.15, 0.2) is 0 Å². The molecular weight excluding hydrogens is 212 g/mol. The van der Waals surface area contributed by atoms with E-state index in [0.29, 0.717) is 6.42 Å². The highest BCUT2D eigenvalue weighted by molar-refractivity contribution is 5.75. The fourth-order valence-electron chi connectivity index (χ4n) is 1.99. The summed E-state index contributed by atoms with van der Waals surface area (Å²) in [5, 5.41) is 26.4. The molecule has 0 bridgehead atoms. The minimum Gasteiger partial charge on any atom is -0.481 e. The van der Waals surface area contributed by atoms with Crippen LogP contribution in [0, 0.1) is 16.7 Å². The van der Waals surface area contributed by atoms with Crippen molar-refractivity contribution < 1.29 is 19.8 Å². The van der Waals surface area contributed by atoms with E-state index < -0.39 is 17.5 Å². The summed E-state index contributed by atoms with van der Waals surface area (Å²) in [4.78, 5) is 23.1. The molecule has 0 saturated carbocycles. The SMILES string of the molecule is N#CCCC1(C(=O)O)CCN(C(=O)O)CC1. The summed E-state index contributed by atoms with van der Waals surface area (Å²) in [7, 11) is 0. The van der Waals surface area contributed by atoms with Crippen LogP contribution in [-0.4, -0.2) is 40.3 Å². The third-order valence-electron chi connectivity index (χ3n) is 3.16. The summed E-state index contributed by atoms with van der Waals surface area (Å²) in [6.07, 6.45) is 0.0532. The molecule has 1 aliphatic heterocycles. The second-order valence-corrected chi connectivity index (χ2v) is 4.01. The number of piperidine rings is 1. The molecule has 0 spiro atoms. The molecule has 0 aromatic heterocycles. The zero-order valence-corrected chi connectivity index (χ0v) is 8.85. The van der Waals surface area contributed by atoms with Crippen molar-refractivity contribution in [2.45, 2.75) is 25.7 Å². The van der Waals surface area contributed by atoms with Crippen LogP contribution < -0.4 is 0 Å². The number of carbonyl (C=O) groups is 2. The van der Waals surface area contributed by atoms with Gasteiger partial charge in [0, 0.05) is 19.5 Å². The fourth-order valence-corrected chi connectivity index (χ4v) is 1.99. The minimum absolute atomic E-state index is 0.194. The summed E-state index contributed by atoms with van der Waals surface area (Å²) in [5.74, 6) is -0.923. The first-order valence-electron chi connectivity index (χ1n) is 5.10. The van der Waals surface area contributed by atoms with Crippen molar-refractivity contribution in [3.05, 3.63) is 0 Å². The number of rotatable bonds is 3. The van der Waals surface area contributed by atoms with Gasteiger partial charge in [0.15, 0.2) is 0 Å². The summed E-state index contributed by atoms with van der Waals surface area (Å²) in [6, 6.07) is 1.94. The van der Waals surface area contributed by atoms with E-state index in [2.05, 4.69) is 0 Å². The van der Waals surface area contributed by atoms with Crippen LogP contribution in [0.3, 0.4) is 0 Å². The Morgan fingerprint density at radius 2 is 1.88 bits per heavy atom. The Bertz CT molecular complexity index is 326. The van der Waals surface area contributed by atoms with E-state index in [4.69, 9.17) is 15.5 Å². The number of hydrogen-bond donors (Lipinski definition) is 2. The topological polar surface area (TPSA) is 102 Å². The molecule has 6 nitrogen and oxygen atoms in total. The Kier molecular flexibility index (Phi) is 3.72. The van der Waals surface area contributed by atoms with Gasteiger partial charge in [-0.3, -0.25) is 4.79 Å². The summed E-state index contributed by atoms with van der Waals surface area (Å²) >= 11 is 0. The van der Waals surface area contributed by atoms with Crippen molar-refractivity contribution in [2.75, 3.05) is 13.1 Å². The quantitative estimate of drug-likeness (QED) is 0.751. The molecule has 88 valence electrons. The highest BCUT2D eigenvalue weighted by Gasteiger charge is 2.41. The van der Waals surface area contributed by atoms with Crippen LogP contribution in [0.4, 0.5) is 4.79 Å². The molecule has 1 heterocycles. The second kappa shape index (κ2) is 4.84. The van der Waals surface area contributed by atoms with Gasteiger partial charge < -0.3 is 15.1 Å². The van der Waals surface area contributed by atoms with Gasteiger partial charge in [0.2, 0.25) is 0 Å². The molecule has 16 heavy (non-hydrogen) atoms. The maximum atomic E-state index is 11.2. The first-order valence-corrected chi connectivity index (χ1v) is 5.10. The Morgan fingerprint density at radius 3 is 2.25 bits per heavy atom. The molecule has 0 aliphatic carbocycles. The van der Waals surface area contributed by atoms with E-state index >= 15 is 0 Å². The average molecular weight is 226 g/mol. The van der Waals surface area contributed by atoms with E-state index in [1.54, 1.807) is 0 Å². The van der Waals surface area contributed by atoms with Crippen molar-refractivity contribution in [1.29, 1.82) is 5.26 Å². The number of amides is 1. The van der Waals surface area contributed by atoms with Gasteiger partial charge in [0.25, 0.3) is 0 Å². The lowest BCUT2D eigenvalue weighted by molar-refractivity contribution is -0.152. The second-order valence-electron chi connectivity index (χ2n) is 4.01. The zero-order chi connectivity index (χ0) is 12.2. The smallest absolute Gasteiger partial charge is 0.407 e. The number of aliphatic carboxylic acids is 1. The van der Waals surface area contributed by atoms with E-state index in [1.165, 1.54) is 4.90 Å². The Hall–Kier alpha value is -1.77. The molecule has 0 aromatic carbocycles. The Balaban J connectivity index is 2.66. The minimum atomic E-state index is -1.01. The lowest BCUT2D eigenvalue weighted by atomic mass is 9.75. The van der Waals surface area contributed by atoms with Gasteiger partial charge in [0.05, 0.1) is 11.5 Å². The number of carboxylic acid groups (broad SMARTS) is 2. The molecule has 0 radical (unpaired) electrons. The fraction of sp³-hybridized carbons (Fsp3) is 0.700. The molecule has 1 saturated heterocycles. The largest absolute Gasteiger partial charge is 0.481 e. The van der Waals surface area contributed by atoms with Gasteiger partial charge >= 0.3 is 12.1 Å². The van der Waals surface area contributed by atoms with Crippen LogP contribution in [0.25, 0.3) is 0 Å². The molecule has 1 rings (SSSR count). The van der Waals surface area contributed by atoms with E-state index in [9.17, 15) is 9.59 Å². The first-order chi connectivity index (χ1) is 7.52. The van der Waals surface area contributed by atoms with Crippen LogP contribution >= 0.6 is 0 Å². The summed E-state index contributed by atoms with van der Waals surface area (Å²) in [5.41, 5.74) is -0.915. The monoisotopic (exact) mass is 226 g/mol. The Morgan fingerprint density at radius 1 is 1.31 bits per heavy atom. The van der Waals surface area contributed by atoms with Crippen LogP contribution in [0.5, 0.6) is 0 Å². The van der Waals surface area contributed by atoms with E-state index in [0.717, 1.165) is 0 Å². The summed E-state index contributed by atoms with van der Waals surface area (Å²) in [6.45, 7) is 0.458. The molecule has 0 aromatic rings. The molecule has 1 aliphatic rings. The number of nitriles is 1. The highest BCUT2D eigenvalue weighted by Crippen LogP contribution is 2.36. The zero-order valence-electron chi connectivity index (χ0n) is 8.85. The van der Waals surface area contributed by atoms with Crippen molar-refractivity contribution >= 4 is 12.1 Å². The molecule has 1 fully saturated rings.